The van der Waals surface area contributed by atoms with Gasteiger partial charge >= 0.3 is 6.18 Å². The molecule has 1 amide bonds. The first kappa shape index (κ1) is 26.0. The minimum Gasteiger partial charge on any atom is -0.370 e. The van der Waals surface area contributed by atoms with Crippen LogP contribution in [0.25, 0.3) is 0 Å². The lowest BCUT2D eigenvalue weighted by Gasteiger charge is -2.36. The predicted octanol–water partition coefficient (Wildman–Crippen LogP) is 4.38. The first-order chi connectivity index (χ1) is 17.2. The third-order valence-corrected chi connectivity index (χ3v) is 7.44. The van der Waals surface area contributed by atoms with E-state index < -0.39 is 17.3 Å². The largest absolute Gasteiger partial charge is 0.417 e. The minimum atomic E-state index is -4.61. The van der Waals surface area contributed by atoms with Crippen molar-refractivity contribution in [2.75, 3.05) is 37.6 Å². The maximum absolute atomic E-state index is 13.5. The number of aromatic nitrogens is 1. The van der Waals surface area contributed by atoms with E-state index in [0.717, 1.165) is 49.8 Å². The van der Waals surface area contributed by atoms with Crippen molar-refractivity contribution in [3.8, 4) is 6.07 Å². The van der Waals surface area contributed by atoms with Gasteiger partial charge in [0.15, 0.2) is 0 Å². The summed E-state index contributed by atoms with van der Waals surface area (Å²) in [5.41, 5.74) is 1.24. The highest BCUT2D eigenvalue weighted by atomic mass is 19.4. The van der Waals surface area contributed by atoms with Crippen LogP contribution in [-0.2, 0) is 17.5 Å². The molecule has 4 rings (SSSR count). The molecular weight excluding hydrogens is 467 g/mol. The van der Waals surface area contributed by atoms with Crippen LogP contribution in [0.3, 0.4) is 0 Å². The van der Waals surface area contributed by atoms with Crippen LogP contribution in [-0.4, -0.2) is 48.5 Å². The van der Waals surface area contributed by atoms with Gasteiger partial charge in [-0.1, -0.05) is 6.07 Å². The van der Waals surface area contributed by atoms with Crippen LogP contribution in [0.2, 0.25) is 0 Å². The number of piperidine rings is 1. The average Bonchev–Trinajstić information content (AvgIpc) is 3.31. The van der Waals surface area contributed by atoms with Crippen molar-refractivity contribution in [2.24, 2.45) is 17.8 Å². The fourth-order valence-corrected chi connectivity index (χ4v) is 5.52. The summed E-state index contributed by atoms with van der Waals surface area (Å²) in [6.07, 6.45) is -0.874. The zero-order valence-electron chi connectivity index (χ0n) is 20.7. The summed E-state index contributed by atoms with van der Waals surface area (Å²) in [7, 11) is 0. The Labute approximate surface area is 210 Å². The highest BCUT2D eigenvalue weighted by molar-refractivity contribution is 5.80. The summed E-state index contributed by atoms with van der Waals surface area (Å²) in [4.78, 5) is 21.7. The molecule has 2 aromatic rings. The number of amides is 1. The van der Waals surface area contributed by atoms with Crippen molar-refractivity contribution >= 4 is 11.6 Å². The van der Waals surface area contributed by atoms with E-state index in [0.29, 0.717) is 31.2 Å². The molecule has 6 nitrogen and oxygen atoms in total. The molecule has 36 heavy (non-hydrogen) atoms. The quantitative estimate of drug-likeness (QED) is 0.639. The van der Waals surface area contributed by atoms with Gasteiger partial charge in [0, 0.05) is 38.1 Å². The van der Waals surface area contributed by atoms with Gasteiger partial charge in [-0.15, -0.1) is 0 Å². The smallest absolute Gasteiger partial charge is 0.370 e. The number of carbonyl (C=O) groups is 1. The number of hydrogen-bond donors (Lipinski definition) is 1. The van der Waals surface area contributed by atoms with Crippen LogP contribution in [0, 0.1) is 36.0 Å². The Morgan fingerprint density at radius 3 is 2.56 bits per heavy atom. The summed E-state index contributed by atoms with van der Waals surface area (Å²) in [6, 6.07) is 9.58. The predicted molar refractivity (Wildman–Crippen MR) is 131 cm³/mol. The summed E-state index contributed by atoms with van der Waals surface area (Å²) in [5.74, 6) is 0.0395. The van der Waals surface area contributed by atoms with E-state index in [1.807, 2.05) is 31.0 Å². The van der Waals surface area contributed by atoms with Gasteiger partial charge in [0.1, 0.15) is 0 Å². The van der Waals surface area contributed by atoms with E-state index in [1.165, 1.54) is 6.07 Å². The van der Waals surface area contributed by atoms with Gasteiger partial charge in [-0.3, -0.25) is 14.7 Å². The number of likely N-dealkylation sites (tertiary alicyclic amines) is 1. The van der Waals surface area contributed by atoms with Crippen LogP contribution >= 0.6 is 0 Å². The summed E-state index contributed by atoms with van der Waals surface area (Å²) >= 11 is 0. The molecule has 0 saturated carbocycles. The van der Waals surface area contributed by atoms with Gasteiger partial charge in [-0.25, -0.2) is 0 Å². The molecule has 2 atom stereocenters. The topological polar surface area (TPSA) is 72.3 Å². The van der Waals surface area contributed by atoms with E-state index in [1.54, 1.807) is 12.1 Å². The molecule has 9 heteroatoms. The van der Waals surface area contributed by atoms with Gasteiger partial charge in [0.2, 0.25) is 5.91 Å². The normalized spacial score (nSPS) is 21.4. The lowest BCUT2D eigenvalue weighted by atomic mass is 9.78. The van der Waals surface area contributed by atoms with Crippen molar-refractivity contribution in [3.63, 3.8) is 0 Å². The summed E-state index contributed by atoms with van der Waals surface area (Å²) in [6.45, 7) is 7.87. The van der Waals surface area contributed by atoms with Crippen molar-refractivity contribution in [1.29, 1.82) is 5.26 Å². The summed E-state index contributed by atoms with van der Waals surface area (Å²) < 4.78 is 40.6. The zero-order chi connectivity index (χ0) is 25.9. The Bertz CT molecular complexity index is 1100. The fraction of sp³-hybridized carbons (Fsp3) is 0.519. The second-order valence-corrected chi connectivity index (χ2v) is 9.85. The van der Waals surface area contributed by atoms with Crippen molar-refractivity contribution in [2.45, 2.75) is 39.4 Å². The number of hydrogen-bond acceptors (Lipinski definition) is 5. The average molecular weight is 500 g/mol. The molecule has 0 bridgehead atoms. The maximum atomic E-state index is 13.5. The first-order valence-corrected chi connectivity index (χ1v) is 12.5. The minimum absolute atomic E-state index is 0.0408. The van der Waals surface area contributed by atoms with Gasteiger partial charge in [-0.05, 0) is 81.4 Å². The second-order valence-electron chi connectivity index (χ2n) is 9.85. The molecule has 1 aromatic carbocycles. The van der Waals surface area contributed by atoms with E-state index in [2.05, 4.69) is 21.3 Å². The zero-order valence-corrected chi connectivity index (χ0v) is 20.7. The number of benzene rings is 1. The van der Waals surface area contributed by atoms with E-state index >= 15 is 0 Å². The molecule has 192 valence electrons. The molecule has 0 radical (unpaired) electrons. The number of nitrogens with zero attached hydrogens (tertiary/aromatic N) is 4. The number of anilines is 1. The molecule has 0 unspecified atom stereocenters. The summed E-state index contributed by atoms with van der Waals surface area (Å²) in [5, 5.41) is 12.0. The number of carbonyl (C=O) groups excluding carboxylic acids is 1. The van der Waals surface area contributed by atoms with Gasteiger partial charge in [-0.2, -0.15) is 18.4 Å². The molecule has 2 saturated heterocycles. The van der Waals surface area contributed by atoms with E-state index in [4.69, 9.17) is 5.26 Å². The van der Waals surface area contributed by atoms with E-state index in [-0.39, 0.29) is 17.7 Å². The van der Waals surface area contributed by atoms with Crippen LogP contribution in [0.5, 0.6) is 0 Å². The number of nitriles is 1. The van der Waals surface area contributed by atoms with Crippen molar-refractivity contribution in [1.82, 2.24) is 15.2 Å². The van der Waals surface area contributed by atoms with Crippen LogP contribution in [0.15, 0.2) is 36.5 Å². The lowest BCUT2D eigenvalue weighted by Crippen LogP contribution is -2.41. The molecule has 2 aliphatic heterocycles. The number of pyridine rings is 1. The SMILES string of the molecule is CCNC(=O)[C@@H]1CN(c2ccc(C#N)c(C(F)(F)F)c2)C[C@H]1C1CCN(Cc2ccc(C)cn2)CC1. The molecule has 0 spiro atoms. The van der Waals surface area contributed by atoms with Crippen molar-refractivity contribution < 1.29 is 18.0 Å². The molecule has 2 fully saturated rings. The van der Waals surface area contributed by atoms with Gasteiger partial charge in [0.25, 0.3) is 0 Å². The van der Waals surface area contributed by atoms with E-state index in [9.17, 15) is 18.0 Å². The Morgan fingerprint density at radius 1 is 1.19 bits per heavy atom. The highest BCUT2D eigenvalue weighted by Gasteiger charge is 2.43. The van der Waals surface area contributed by atoms with Crippen LogP contribution in [0.1, 0.15) is 42.1 Å². The molecule has 0 aliphatic carbocycles. The Morgan fingerprint density at radius 2 is 1.94 bits per heavy atom. The molecular formula is C27H32F3N5O. The number of alkyl halides is 3. The standard InChI is InChI=1S/C27H32F3N5O/c1-3-32-26(36)24-17-35(22-7-5-20(13-31)25(12-22)27(28,29)30)16-23(24)19-8-10-34(11-9-19)15-21-6-4-18(2)14-33-21/h4-7,12,14,19,23-24H,3,8-11,15-17H2,1-2H3,(H,32,36)/t23-,24+/m0/s1. The Balaban J connectivity index is 1.48. The lowest BCUT2D eigenvalue weighted by molar-refractivity contribution is -0.137. The fourth-order valence-electron chi connectivity index (χ4n) is 5.52. The number of nitrogens with one attached hydrogen (secondary N) is 1. The molecule has 1 N–H and O–H groups in total. The third-order valence-electron chi connectivity index (χ3n) is 7.44. The van der Waals surface area contributed by atoms with Gasteiger partial charge in [0.05, 0.1) is 28.8 Å². The van der Waals surface area contributed by atoms with Crippen molar-refractivity contribution in [3.05, 3.63) is 58.9 Å². The number of halogens is 3. The Kier molecular flexibility index (Phi) is 7.84. The molecule has 3 heterocycles. The van der Waals surface area contributed by atoms with Crippen LogP contribution < -0.4 is 10.2 Å². The monoisotopic (exact) mass is 499 g/mol. The second kappa shape index (κ2) is 10.9. The number of aryl methyl sites for hydroxylation is 1. The maximum Gasteiger partial charge on any atom is 0.417 e. The molecule has 1 aromatic heterocycles. The first-order valence-electron chi connectivity index (χ1n) is 12.5. The third kappa shape index (κ3) is 5.81. The van der Waals surface area contributed by atoms with Crippen LogP contribution in [0.4, 0.5) is 18.9 Å². The highest BCUT2D eigenvalue weighted by Crippen LogP contribution is 2.40. The Hall–Kier alpha value is -3.12. The van der Waals surface area contributed by atoms with Gasteiger partial charge < -0.3 is 10.2 Å². The molecule has 2 aliphatic rings. The number of rotatable bonds is 6.